The van der Waals surface area contributed by atoms with Gasteiger partial charge in [0.05, 0.1) is 19.8 Å². The average molecular weight is 413 g/mol. The average Bonchev–Trinajstić information content (AvgIpc) is 2.73. The van der Waals surface area contributed by atoms with E-state index in [2.05, 4.69) is 10.6 Å². The molecule has 0 atom stereocenters. The van der Waals surface area contributed by atoms with Crippen molar-refractivity contribution < 1.29 is 23.9 Å². The number of carbonyl (C=O) groups excluding carboxylic acids is 3. The van der Waals surface area contributed by atoms with Crippen molar-refractivity contribution in [3.8, 4) is 11.5 Å². The molecule has 0 unspecified atom stereocenters. The van der Waals surface area contributed by atoms with Crippen LogP contribution >= 0.6 is 0 Å². The van der Waals surface area contributed by atoms with E-state index in [1.165, 1.54) is 11.8 Å². The summed E-state index contributed by atoms with van der Waals surface area (Å²) in [5.74, 6) is 0.190. The van der Waals surface area contributed by atoms with Gasteiger partial charge in [0.15, 0.2) is 11.5 Å². The number of nitrogens with one attached hydrogen (secondary N) is 2. The predicted octanol–water partition coefficient (Wildman–Crippen LogP) is 2.84. The number of anilines is 2. The minimum Gasteiger partial charge on any atom is -0.490 e. The van der Waals surface area contributed by atoms with Gasteiger partial charge in [-0.1, -0.05) is 0 Å². The standard InChI is InChI=1S/C22H27N3O5/c1-5-29-19-12-7-16(13-20(19)30-6-2)22(28)23-14-21(27)24-17-8-10-18(11-9-17)25(4)15(3)26/h7-13H,5-6,14H2,1-4H3,(H,23,28)(H,24,27). The second-order valence-electron chi connectivity index (χ2n) is 6.38. The summed E-state index contributed by atoms with van der Waals surface area (Å²) in [6.45, 7) is 5.92. The van der Waals surface area contributed by atoms with Gasteiger partial charge >= 0.3 is 0 Å². The summed E-state index contributed by atoms with van der Waals surface area (Å²) in [6, 6.07) is 11.7. The molecule has 0 radical (unpaired) electrons. The van der Waals surface area contributed by atoms with Gasteiger partial charge < -0.3 is 25.0 Å². The van der Waals surface area contributed by atoms with Crippen molar-refractivity contribution in [1.82, 2.24) is 5.32 Å². The molecular formula is C22H27N3O5. The highest BCUT2D eigenvalue weighted by molar-refractivity contribution is 6.00. The van der Waals surface area contributed by atoms with E-state index in [0.717, 1.165) is 5.69 Å². The number of carbonyl (C=O) groups is 3. The number of rotatable bonds is 9. The van der Waals surface area contributed by atoms with Crippen molar-refractivity contribution in [2.24, 2.45) is 0 Å². The molecule has 30 heavy (non-hydrogen) atoms. The quantitative estimate of drug-likeness (QED) is 0.659. The van der Waals surface area contributed by atoms with E-state index in [1.54, 1.807) is 49.5 Å². The Balaban J connectivity index is 1.93. The first kappa shape index (κ1) is 22.7. The van der Waals surface area contributed by atoms with Crippen molar-refractivity contribution >= 4 is 29.1 Å². The summed E-state index contributed by atoms with van der Waals surface area (Å²) in [5.41, 5.74) is 1.65. The molecule has 2 N–H and O–H groups in total. The molecule has 0 aliphatic rings. The number of nitrogens with zero attached hydrogens (tertiary/aromatic N) is 1. The van der Waals surface area contributed by atoms with E-state index in [4.69, 9.17) is 9.47 Å². The van der Waals surface area contributed by atoms with Crippen LogP contribution in [0.25, 0.3) is 0 Å². The highest BCUT2D eigenvalue weighted by Crippen LogP contribution is 2.28. The highest BCUT2D eigenvalue weighted by atomic mass is 16.5. The number of benzene rings is 2. The minimum absolute atomic E-state index is 0.0868. The predicted molar refractivity (Wildman–Crippen MR) is 115 cm³/mol. The summed E-state index contributed by atoms with van der Waals surface area (Å²) in [4.78, 5) is 37.4. The third-order valence-corrected chi connectivity index (χ3v) is 4.23. The van der Waals surface area contributed by atoms with Crippen LogP contribution in [0, 0.1) is 0 Å². The van der Waals surface area contributed by atoms with Crippen molar-refractivity contribution in [1.29, 1.82) is 0 Å². The number of ether oxygens (including phenoxy) is 2. The molecule has 3 amide bonds. The first-order valence-electron chi connectivity index (χ1n) is 9.67. The van der Waals surface area contributed by atoms with Crippen LogP contribution in [-0.2, 0) is 9.59 Å². The van der Waals surface area contributed by atoms with Gasteiger partial charge in [-0.2, -0.15) is 0 Å². The topological polar surface area (TPSA) is 97.0 Å². The van der Waals surface area contributed by atoms with E-state index in [0.29, 0.717) is 36.0 Å². The number of hydrogen-bond acceptors (Lipinski definition) is 5. The second-order valence-corrected chi connectivity index (χ2v) is 6.38. The Morgan fingerprint density at radius 3 is 2.17 bits per heavy atom. The van der Waals surface area contributed by atoms with Crippen molar-refractivity contribution in [2.75, 3.05) is 37.0 Å². The van der Waals surface area contributed by atoms with E-state index in [1.807, 2.05) is 13.8 Å². The normalized spacial score (nSPS) is 10.1. The summed E-state index contributed by atoms with van der Waals surface area (Å²) in [7, 11) is 1.67. The zero-order valence-corrected chi connectivity index (χ0v) is 17.7. The lowest BCUT2D eigenvalue weighted by atomic mass is 10.2. The van der Waals surface area contributed by atoms with Crippen LogP contribution < -0.4 is 25.0 Å². The van der Waals surface area contributed by atoms with E-state index >= 15 is 0 Å². The Kier molecular flexibility index (Phi) is 8.22. The van der Waals surface area contributed by atoms with Gasteiger partial charge in [-0.15, -0.1) is 0 Å². The van der Waals surface area contributed by atoms with Crippen LogP contribution in [0.15, 0.2) is 42.5 Å². The molecular weight excluding hydrogens is 386 g/mol. The molecule has 0 heterocycles. The van der Waals surface area contributed by atoms with Crippen LogP contribution in [-0.4, -0.2) is 44.5 Å². The zero-order valence-electron chi connectivity index (χ0n) is 17.7. The lowest BCUT2D eigenvalue weighted by molar-refractivity contribution is -0.116. The van der Waals surface area contributed by atoms with Gasteiger partial charge in [0.1, 0.15) is 0 Å². The molecule has 2 aromatic carbocycles. The number of amides is 3. The Labute approximate surface area is 176 Å². The molecule has 0 aliphatic heterocycles. The Bertz CT molecular complexity index is 896. The largest absolute Gasteiger partial charge is 0.490 e. The SMILES string of the molecule is CCOc1ccc(C(=O)NCC(=O)Nc2ccc(N(C)C(C)=O)cc2)cc1OCC. The van der Waals surface area contributed by atoms with Gasteiger partial charge in [0, 0.05) is 30.9 Å². The molecule has 0 fully saturated rings. The summed E-state index contributed by atoms with van der Waals surface area (Å²) < 4.78 is 11.0. The molecule has 8 heteroatoms. The fourth-order valence-electron chi connectivity index (χ4n) is 2.61. The molecule has 0 aliphatic carbocycles. The smallest absolute Gasteiger partial charge is 0.251 e. The van der Waals surface area contributed by atoms with Crippen molar-refractivity contribution in [3.63, 3.8) is 0 Å². The molecule has 0 bridgehead atoms. The lowest BCUT2D eigenvalue weighted by Crippen LogP contribution is -2.32. The third-order valence-electron chi connectivity index (χ3n) is 4.23. The molecule has 2 rings (SSSR count). The molecule has 0 saturated heterocycles. The molecule has 0 aromatic heterocycles. The molecule has 8 nitrogen and oxygen atoms in total. The third kappa shape index (κ3) is 6.23. The zero-order chi connectivity index (χ0) is 22.1. The van der Waals surface area contributed by atoms with E-state index in [-0.39, 0.29) is 18.4 Å². The molecule has 160 valence electrons. The lowest BCUT2D eigenvalue weighted by Gasteiger charge is -2.15. The van der Waals surface area contributed by atoms with Crippen LogP contribution in [0.2, 0.25) is 0 Å². The summed E-state index contributed by atoms with van der Waals surface area (Å²) in [6.07, 6.45) is 0. The maximum Gasteiger partial charge on any atom is 0.251 e. The van der Waals surface area contributed by atoms with Crippen LogP contribution in [0.1, 0.15) is 31.1 Å². The summed E-state index contributed by atoms with van der Waals surface area (Å²) >= 11 is 0. The maximum atomic E-state index is 12.4. The Morgan fingerprint density at radius 1 is 0.933 bits per heavy atom. The molecule has 0 saturated carbocycles. The highest BCUT2D eigenvalue weighted by Gasteiger charge is 2.13. The monoisotopic (exact) mass is 413 g/mol. The van der Waals surface area contributed by atoms with Crippen LogP contribution in [0.5, 0.6) is 11.5 Å². The Morgan fingerprint density at radius 2 is 1.57 bits per heavy atom. The van der Waals surface area contributed by atoms with Gasteiger partial charge in [0.25, 0.3) is 5.91 Å². The van der Waals surface area contributed by atoms with Gasteiger partial charge in [0.2, 0.25) is 11.8 Å². The van der Waals surface area contributed by atoms with Gasteiger partial charge in [-0.25, -0.2) is 0 Å². The fraction of sp³-hybridized carbons (Fsp3) is 0.318. The first-order valence-corrected chi connectivity index (χ1v) is 9.67. The second kappa shape index (κ2) is 10.8. The molecule has 0 spiro atoms. The molecule has 2 aromatic rings. The van der Waals surface area contributed by atoms with Crippen molar-refractivity contribution in [2.45, 2.75) is 20.8 Å². The Hall–Kier alpha value is -3.55. The maximum absolute atomic E-state index is 12.4. The fourth-order valence-corrected chi connectivity index (χ4v) is 2.61. The van der Waals surface area contributed by atoms with Gasteiger partial charge in [-0.05, 0) is 56.3 Å². The summed E-state index contributed by atoms with van der Waals surface area (Å²) in [5, 5.41) is 5.28. The van der Waals surface area contributed by atoms with E-state index < -0.39 is 5.91 Å². The van der Waals surface area contributed by atoms with Crippen LogP contribution in [0.3, 0.4) is 0 Å². The van der Waals surface area contributed by atoms with Crippen molar-refractivity contribution in [3.05, 3.63) is 48.0 Å². The number of hydrogen-bond donors (Lipinski definition) is 2. The van der Waals surface area contributed by atoms with E-state index in [9.17, 15) is 14.4 Å². The minimum atomic E-state index is -0.396. The van der Waals surface area contributed by atoms with Crippen LogP contribution in [0.4, 0.5) is 11.4 Å². The first-order chi connectivity index (χ1) is 14.3. The van der Waals surface area contributed by atoms with Gasteiger partial charge in [-0.3, -0.25) is 14.4 Å².